The molecule has 0 amide bonds. The van der Waals surface area contributed by atoms with Gasteiger partial charge in [-0.15, -0.1) is 0 Å². The zero-order chi connectivity index (χ0) is 7.52. The molecule has 0 aromatic rings. The number of allylic oxidation sites excluding steroid dienone is 8. The van der Waals surface area contributed by atoms with E-state index < -0.39 is 19.8 Å². The van der Waals surface area contributed by atoms with Crippen LogP contribution in [0.3, 0.4) is 0 Å². The normalized spacial score (nSPS) is 20.4. The second kappa shape index (κ2) is 3.40. The van der Waals surface area contributed by atoms with Crippen LogP contribution in [0.2, 0.25) is 0 Å². The van der Waals surface area contributed by atoms with Gasteiger partial charge in [0.05, 0.1) is 0 Å². The van der Waals surface area contributed by atoms with Crippen molar-refractivity contribution in [2.24, 2.45) is 0 Å². The maximum absolute atomic E-state index is 2.32. The van der Waals surface area contributed by atoms with Crippen LogP contribution in [0.25, 0.3) is 0 Å². The molecule has 0 aromatic carbocycles. The van der Waals surface area contributed by atoms with Gasteiger partial charge < -0.3 is 0 Å². The fourth-order valence-electron chi connectivity index (χ4n) is 1.22. The van der Waals surface area contributed by atoms with Crippen molar-refractivity contribution in [2.45, 2.75) is 12.8 Å². The van der Waals surface area contributed by atoms with Crippen LogP contribution in [0, 0.1) is 0 Å². The molecule has 2 aliphatic rings. The Kier molecular flexibility index (Phi) is 2.27. The fraction of sp³-hybridized carbons (Fsp3) is 0.200. The zero-order valence-electron chi connectivity index (χ0n) is 6.33. The van der Waals surface area contributed by atoms with Gasteiger partial charge in [-0.1, -0.05) is 0 Å². The van der Waals surface area contributed by atoms with E-state index in [1.165, 1.54) is 12.8 Å². The molecule has 55 valence electrons. The summed E-state index contributed by atoms with van der Waals surface area (Å²) in [6.07, 6.45) is 16.0. The van der Waals surface area contributed by atoms with Crippen molar-refractivity contribution in [3.63, 3.8) is 0 Å². The Hall–Kier alpha value is -0.300. The molecule has 0 heterocycles. The maximum atomic E-state index is 2.32. The minimum absolute atomic E-state index is 0.404. The quantitative estimate of drug-likeness (QED) is 0.736. The fourth-order valence-corrected chi connectivity index (χ4v) is 5.11. The predicted molar refractivity (Wildman–Crippen MR) is 43.7 cm³/mol. The topological polar surface area (TPSA) is 0 Å². The zero-order valence-corrected chi connectivity index (χ0v) is 9.54. The van der Waals surface area contributed by atoms with Crippen molar-refractivity contribution in [3.05, 3.63) is 44.0 Å². The van der Waals surface area contributed by atoms with Gasteiger partial charge in [0, 0.05) is 0 Å². The Bertz CT molecular complexity index is 239. The van der Waals surface area contributed by atoms with Gasteiger partial charge in [0.15, 0.2) is 0 Å². The molecular formula is C10H10Ta. The second-order valence-corrected chi connectivity index (χ2v) is 7.62. The Balaban J connectivity index is 1.91. The summed E-state index contributed by atoms with van der Waals surface area (Å²) in [4.78, 5) is 0. The first-order valence-corrected chi connectivity index (χ1v) is 7.09. The molecule has 0 atom stereocenters. The van der Waals surface area contributed by atoms with E-state index in [0.717, 1.165) is 0 Å². The molecule has 1 heteroatoms. The summed E-state index contributed by atoms with van der Waals surface area (Å²) in [5, 5.41) is 0. The Morgan fingerprint density at radius 2 is 1.45 bits per heavy atom. The van der Waals surface area contributed by atoms with Crippen LogP contribution in [0.15, 0.2) is 44.0 Å². The van der Waals surface area contributed by atoms with Crippen LogP contribution in [-0.2, 0) is 19.8 Å². The number of hydrogen-bond donors (Lipinski definition) is 0. The molecule has 0 radical (unpaired) electrons. The molecule has 2 aliphatic carbocycles. The van der Waals surface area contributed by atoms with Gasteiger partial charge in [-0.2, -0.15) is 0 Å². The van der Waals surface area contributed by atoms with Gasteiger partial charge >= 0.3 is 76.6 Å². The van der Waals surface area contributed by atoms with Crippen molar-refractivity contribution in [1.29, 1.82) is 0 Å². The van der Waals surface area contributed by atoms with E-state index >= 15 is 0 Å². The van der Waals surface area contributed by atoms with Gasteiger partial charge in [0.25, 0.3) is 0 Å². The molecule has 0 spiro atoms. The van der Waals surface area contributed by atoms with Crippen molar-refractivity contribution in [3.8, 4) is 0 Å². The third-order valence-corrected chi connectivity index (χ3v) is 6.24. The van der Waals surface area contributed by atoms with Crippen LogP contribution >= 0.6 is 0 Å². The van der Waals surface area contributed by atoms with Gasteiger partial charge in [-0.25, -0.2) is 0 Å². The van der Waals surface area contributed by atoms with E-state index in [2.05, 4.69) is 36.5 Å². The van der Waals surface area contributed by atoms with Crippen LogP contribution in [0.4, 0.5) is 0 Å². The Labute approximate surface area is 76.7 Å². The molecular weight excluding hydrogens is 301 g/mol. The summed E-state index contributed by atoms with van der Waals surface area (Å²) in [5.41, 5.74) is 0. The molecule has 0 bridgehead atoms. The van der Waals surface area contributed by atoms with E-state index in [-0.39, 0.29) is 0 Å². The van der Waals surface area contributed by atoms with E-state index in [1.807, 2.05) is 0 Å². The summed E-state index contributed by atoms with van der Waals surface area (Å²) in [5.74, 6) is 0. The van der Waals surface area contributed by atoms with E-state index in [9.17, 15) is 0 Å². The molecule has 11 heavy (non-hydrogen) atoms. The third-order valence-electron chi connectivity index (χ3n) is 1.79. The van der Waals surface area contributed by atoms with Gasteiger partial charge in [-0.05, 0) is 0 Å². The molecule has 2 rings (SSSR count). The van der Waals surface area contributed by atoms with Gasteiger partial charge in [0.2, 0.25) is 0 Å². The summed E-state index contributed by atoms with van der Waals surface area (Å²) >= 11 is -0.404. The van der Waals surface area contributed by atoms with E-state index in [1.54, 1.807) is 7.58 Å². The summed E-state index contributed by atoms with van der Waals surface area (Å²) in [6, 6.07) is 0. The molecule has 0 unspecified atom stereocenters. The second-order valence-electron chi connectivity index (χ2n) is 2.69. The summed E-state index contributed by atoms with van der Waals surface area (Å²) in [7, 11) is 0. The first-order chi connectivity index (χ1) is 5.45. The van der Waals surface area contributed by atoms with Crippen LogP contribution in [0.5, 0.6) is 0 Å². The summed E-state index contributed by atoms with van der Waals surface area (Å²) in [6.45, 7) is 0. The van der Waals surface area contributed by atoms with Crippen molar-refractivity contribution >= 4 is 0 Å². The predicted octanol–water partition coefficient (Wildman–Crippen LogP) is 2.76. The van der Waals surface area contributed by atoms with Crippen molar-refractivity contribution < 1.29 is 19.8 Å². The van der Waals surface area contributed by atoms with Crippen LogP contribution < -0.4 is 0 Å². The van der Waals surface area contributed by atoms with E-state index in [0.29, 0.717) is 0 Å². The van der Waals surface area contributed by atoms with Crippen LogP contribution in [-0.4, -0.2) is 0 Å². The number of hydrogen-bond acceptors (Lipinski definition) is 0. The van der Waals surface area contributed by atoms with Crippen LogP contribution in [0.1, 0.15) is 12.8 Å². The van der Waals surface area contributed by atoms with Gasteiger partial charge in [0.1, 0.15) is 0 Å². The van der Waals surface area contributed by atoms with Crippen molar-refractivity contribution in [2.75, 3.05) is 0 Å². The number of rotatable bonds is 2. The molecule has 0 N–H and O–H groups in total. The third kappa shape index (κ3) is 1.84. The molecule has 0 saturated heterocycles. The van der Waals surface area contributed by atoms with Crippen molar-refractivity contribution in [1.82, 2.24) is 0 Å². The first kappa shape index (κ1) is 7.35. The first-order valence-electron chi connectivity index (χ1n) is 3.88. The molecule has 0 fully saturated rings. The summed E-state index contributed by atoms with van der Waals surface area (Å²) < 4.78 is 3.47. The Morgan fingerprint density at radius 3 is 1.82 bits per heavy atom. The van der Waals surface area contributed by atoms with E-state index in [4.69, 9.17) is 0 Å². The monoisotopic (exact) mass is 311 g/mol. The average Bonchev–Trinajstić information content (AvgIpc) is 2.60. The molecule has 0 aromatic heterocycles. The van der Waals surface area contributed by atoms with Gasteiger partial charge in [-0.3, -0.25) is 0 Å². The molecule has 0 saturated carbocycles. The molecule has 0 nitrogen and oxygen atoms in total. The SMILES string of the molecule is C1=CC[C]([Ta][C]2=CC=CC2)=C1. The molecule has 0 aliphatic heterocycles. The Morgan fingerprint density at radius 1 is 0.909 bits per heavy atom. The average molecular weight is 311 g/mol. The minimum atomic E-state index is -0.404. The standard InChI is InChI=1S/2C5H5.Ta/c2*1-2-4-5-3-1;/h2*1-3H,4H2;.